The summed E-state index contributed by atoms with van der Waals surface area (Å²) in [6.07, 6.45) is 0.430. The lowest BCUT2D eigenvalue weighted by Crippen LogP contribution is -2.24. The molecule has 0 amide bonds. The van der Waals surface area contributed by atoms with Crippen LogP contribution in [0.25, 0.3) is 22.3 Å². The Balaban J connectivity index is 1.51. The molecule has 38 heavy (non-hydrogen) atoms. The second-order valence-electron chi connectivity index (χ2n) is 9.29. The van der Waals surface area contributed by atoms with Gasteiger partial charge in [-0.15, -0.1) is 0 Å². The molecule has 0 radical (unpaired) electrons. The Morgan fingerprint density at radius 2 is 1.63 bits per heavy atom. The van der Waals surface area contributed by atoms with E-state index in [-0.39, 0.29) is 11.3 Å². The predicted octanol–water partition coefficient (Wildman–Crippen LogP) is 5.86. The highest BCUT2D eigenvalue weighted by molar-refractivity contribution is 5.80. The Morgan fingerprint density at radius 3 is 2.37 bits per heavy atom. The van der Waals surface area contributed by atoms with Gasteiger partial charge in [0.05, 0.1) is 24.6 Å². The molecule has 0 aliphatic heterocycles. The number of hydrogen-bond donors (Lipinski definition) is 1. The van der Waals surface area contributed by atoms with E-state index in [0.717, 1.165) is 33.7 Å². The smallest absolute Gasteiger partial charge is 0.261 e. The van der Waals surface area contributed by atoms with Crippen molar-refractivity contribution in [2.45, 2.75) is 26.4 Å². The number of nitrogens with one attached hydrogen (secondary N) is 1. The van der Waals surface area contributed by atoms with Crippen LogP contribution in [0.1, 0.15) is 23.6 Å². The monoisotopic (exact) mass is 503 g/mol. The third-order valence-electron chi connectivity index (χ3n) is 6.47. The number of ether oxygens (including phenoxy) is 1. The number of benzene rings is 4. The number of para-hydroxylation sites is 1. The Labute approximate surface area is 221 Å². The SMILES string of the molecule is COc1ccc(-c2nc3ccccc3c(=O)n2Cc2ccccc2)cc1CNc1ccc(CC(C)=O)cc1. The number of Topliss-reactive ketones (excluding diaryl/α,β-unsaturated/α-hetero) is 1. The molecule has 5 aromatic rings. The molecule has 5 rings (SSSR count). The predicted molar refractivity (Wildman–Crippen MR) is 152 cm³/mol. The van der Waals surface area contributed by atoms with Gasteiger partial charge in [-0.2, -0.15) is 0 Å². The molecule has 1 aromatic heterocycles. The maximum absolute atomic E-state index is 13.6. The zero-order chi connectivity index (χ0) is 26.5. The maximum Gasteiger partial charge on any atom is 0.261 e. The number of ketones is 1. The molecule has 0 aliphatic carbocycles. The van der Waals surface area contributed by atoms with Crippen LogP contribution in [0.3, 0.4) is 0 Å². The molecule has 4 aromatic carbocycles. The first-order chi connectivity index (χ1) is 18.5. The normalized spacial score (nSPS) is 10.9. The zero-order valence-corrected chi connectivity index (χ0v) is 21.5. The summed E-state index contributed by atoms with van der Waals surface area (Å²) in [5, 5.41) is 4.03. The lowest BCUT2D eigenvalue weighted by molar-refractivity contribution is -0.116. The molecular formula is C32H29N3O3. The van der Waals surface area contributed by atoms with Gasteiger partial charge in [-0.25, -0.2) is 4.98 Å². The molecule has 0 saturated heterocycles. The summed E-state index contributed by atoms with van der Waals surface area (Å²) in [6, 6.07) is 31.1. The quantitative estimate of drug-likeness (QED) is 0.273. The van der Waals surface area contributed by atoms with Crippen LogP contribution in [-0.4, -0.2) is 22.4 Å². The van der Waals surface area contributed by atoms with Crippen LogP contribution in [0.15, 0.2) is 102 Å². The van der Waals surface area contributed by atoms with Crippen molar-refractivity contribution in [1.82, 2.24) is 9.55 Å². The minimum Gasteiger partial charge on any atom is -0.496 e. The Bertz CT molecular complexity index is 1640. The summed E-state index contributed by atoms with van der Waals surface area (Å²) in [5.74, 6) is 1.49. The number of hydrogen-bond acceptors (Lipinski definition) is 5. The van der Waals surface area contributed by atoms with Crippen molar-refractivity contribution in [3.63, 3.8) is 0 Å². The van der Waals surface area contributed by atoms with Gasteiger partial charge in [0.1, 0.15) is 17.4 Å². The average Bonchev–Trinajstić information content (AvgIpc) is 2.94. The summed E-state index contributed by atoms with van der Waals surface area (Å²) >= 11 is 0. The Hall–Kier alpha value is -4.71. The molecular weight excluding hydrogens is 474 g/mol. The first-order valence-electron chi connectivity index (χ1n) is 12.5. The molecule has 6 heteroatoms. The number of fused-ring (bicyclic) bond motifs is 1. The van der Waals surface area contributed by atoms with Gasteiger partial charge >= 0.3 is 0 Å². The van der Waals surface area contributed by atoms with Crippen LogP contribution in [0, 0.1) is 0 Å². The van der Waals surface area contributed by atoms with Crippen LogP contribution in [0.5, 0.6) is 5.75 Å². The summed E-state index contributed by atoms with van der Waals surface area (Å²) in [5.41, 5.74) is 5.31. The summed E-state index contributed by atoms with van der Waals surface area (Å²) in [6.45, 7) is 2.52. The number of aromatic nitrogens is 2. The number of anilines is 1. The largest absolute Gasteiger partial charge is 0.496 e. The molecule has 0 spiro atoms. The second kappa shape index (κ2) is 11.1. The molecule has 1 heterocycles. The maximum atomic E-state index is 13.6. The van der Waals surface area contributed by atoms with Gasteiger partial charge in [0.25, 0.3) is 5.56 Å². The average molecular weight is 504 g/mol. The highest BCUT2D eigenvalue weighted by atomic mass is 16.5. The van der Waals surface area contributed by atoms with Crippen molar-refractivity contribution in [3.8, 4) is 17.1 Å². The number of rotatable bonds is 9. The van der Waals surface area contributed by atoms with Crippen LogP contribution in [0.2, 0.25) is 0 Å². The number of carbonyl (C=O) groups is 1. The number of nitrogens with zero attached hydrogens (tertiary/aromatic N) is 2. The van der Waals surface area contributed by atoms with Crippen LogP contribution in [0.4, 0.5) is 5.69 Å². The topological polar surface area (TPSA) is 73.2 Å². The standard InChI is InChI=1S/C32H29N3O3/c1-22(36)18-23-12-15-27(16-13-23)33-20-26-19-25(14-17-30(26)38-2)31-34-29-11-7-6-10-28(29)32(37)35(31)21-24-8-4-3-5-9-24/h3-17,19,33H,18,20-21H2,1-2H3. The first kappa shape index (κ1) is 25.0. The highest BCUT2D eigenvalue weighted by Gasteiger charge is 2.15. The molecule has 1 N–H and O–H groups in total. The van der Waals surface area contributed by atoms with E-state index in [1.165, 1.54) is 0 Å². The molecule has 0 saturated carbocycles. The van der Waals surface area contributed by atoms with E-state index in [4.69, 9.17) is 9.72 Å². The third kappa shape index (κ3) is 5.49. The van der Waals surface area contributed by atoms with Crippen molar-refractivity contribution in [2.75, 3.05) is 12.4 Å². The summed E-state index contributed by atoms with van der Waals surface area (Å²) < 4.78 is 7.38. The fourth-order valence-electron chi connectivity index (χ4n) is 4.58. The van der Waals surface area contributed by atoms with E-state index in [1.54, 1.807) is 18.6 Å². The van der Waals surface area contributed by atoms with E-state index in [2.05, 4.69) is 5.32 Å². The Morgan fingerprint density at radius 1 is 0.895 bits per heavy atom. The van der Waals surface area contributed by atoms with Crippen molar-refractivity contribution < 1.29 is 9.53 Å². The molecule has 0 fully saturated rings. The van der Waals surface area contributed by atoms with Gasteiger partial charge in [0.2, 0.25) is 0 Å². The van der Waals surface area contributed by atoms with Crippen LogP contribution >= 0.6 is 0 Å². The minimum absolute atomic E-state index is 0.0735. The second-order valence-corrected chi connectivity index (χ2v) is 9.29. The van der Waals surface area contributed by atoms with Crippen molar-refractivity contribution >= 4 is 22.4 Å². The highest BCUT2D eigenvalue weighted by Crippen LogP contribution is 2.27. The van der Waals surface area contributed by atoms with Crippen molar-refractivity contribution in [3.05, 3.63) is 124 Å². The molecule has 0 unspecified atom stereocenters. The molecule has 6 nitrogen and oxygen atoms in total. The Kier molecular flexibility index (Phi) is 7.31. The summed E-state index contributed by atoms with van der Waals surface area (Å²) in [4.78, 5) is 29.9. The van der Waals surface area contributed by atoms with Gasteiger partial charge in [0.15, 0.2) is 0 Å². The summed E-state index contributed by atoms with van der Waals surface area (Å²) in [7, 11) is 1.65. The molecule has 0 bridgehead atoms. The number of methoxy groups -OCH3 is 1. The van der Waals surface area contributed by atoms with Crippen molar-refractivity contribution in [2.24, 2.45) is 0 Å². The van der Waals surface area contributed by atoms with E-state index >= 15 is 0 Å². The lowest BCUT2D eigenvalue weighted by Gasteiger charge is -2.16. The minimum atomic E-state index is -0.0735. The van der Waals surface area contributed by atoms with Gasteiger partial charge < -0.3 is 10.1 Å². The van der Waals surface area contributed by atoms with Gasteiger partial charge in [-0.05, 0) is 60.5 Å². The molecule has 0 aliphatic rings. The molecule has 0 atom stereocenters. The van der Waals surface area contributed by atoms with Gasteiger partial charge in [0, 0.05) is 29.8 Å². The van der Waals surface area contributed by atoms with Crippen LogP contribution < -0.4 is 15.6 Å². The van der Waals surface area contributed by atoms with Gasteiger partial charge in [-0.1, -0.05) is 54.6 Å². The fourth-order valence-corrected chi connectivity index (χ4v) is 4.58. The van der Waals surface area contributed by atoms with Crippen molar-refractivity contribution in [1.29, 1.82) is 0 Å². The van der Waals surface area contributed by atoms with E-state index in [9.17, 15) is 9.59 Å². The number of carbonyl (C=O) groups excluding carboxylic acids is 1. The zero-order valence-electron chi connectivity index (χ0n) is 21.5. The lowest BCUT2D eigenvalue weighted by atomic mass is 10.1. The molecule has 190 valence electrons. The first-order valence-corrected chi connectivity index (χ1v) is 12.5. The fraction of sp³-hybridized carbons (Fsp3) is 0.156. The van der Waals surface area contributed by atoms with E-state index in [0.29, 0.717) is 36.2 Å². The van der Waals surface area contributed by atoms with Crippen LogP contribution in [-0.2, 0) is 24.3 Å². The van der Waals surface area contributed by atoms with E-state index < -0.39 is 0 Å². The third-order valence-corrected chi connectivity index (χ3v) is 6.47. The van der Waals surface area contributed by atoms with Gasteiger partial charge in [-0.3, -0.25) is 14.2 Å². The van der Waals surface area contributed by atoms with E-state index in [1.807, 2.05) is 97.1 Å².